The maximum atomic E-state index is 14.1. The molecule has 0 spiro atoms. The van der Waals surface area contributed by atoms with E-state index in [4.69, 9.17) is 4.74 Å². The standard InChI is InChI=1S/C34H26F3N3O6S2/c1-15-4-2-5-16(10-15)14-46-23-9-8-19(40(44)45)12-20(23)24-25-21-13-22(28(25)47-30-29(24)48-33(43)38-30)27-26(21)31(41)39(32(27)42)18-7-3-6-17(11-18)34(35,36)37/h2-12,21-22,24-28H,13-14H2,1H3,(H,38,43)/t21-,22-,24?,25?,26?,27?,28?/m1/s1. The summed E-state index contributed by atoms with van der Waals surface area (Å²) in [6.45, 7) is 2.15. The molecule has 3 aromatic carbocycles. The van der Waals surface area contributed by atoms with Gasteiger partial charge in [-0.3, -0.25) is 29.4 Å². The summed E-state index contributed by atoms with van der Waals surface area (Å²) in [4.78, 5) is 56.4. The molecule has 2 amide bonds. The van der Waals surface area contributed by atoms with Gasteiger partial charge in [-0.05, 0) is 60.9 Å². The lowest BCUT2D eigenvalue weighted by molar-refractivity contribution is -0.385. The molecule has 7 atom stereocenters. The molecular formula is C34H26F3N3O6S2. The maximum absolute atomic E-state index is 14.1. The van der Waals surface area contributed by atoms with Crippen LogP contribution < -0.4 is 14.5 Å². The van der Waals surface area contributed by atoms with E-state index in [2.05, 4.69) is 4.98 Å². The van der Waals surface area contributed by atoms with Crippen molar-refractivity contribution >= 4 is 46.3 Å². The molecule has 9 nitrogen and oxygen atoms in total. The smallest absolute Gasteiger partial charge is 0.416 e. The Morgan fingerprint density at radius 2 is 1.75 bits per heavy atom. The first-order chi connectivity index (χ1) is 22.9. The Morgan fingerprint density at radius 1 is 1.00 bits per heavy atom. The number of imide groups is 1. The number of nitro groups is 1. The van der Waals surface area contributed by atoms with Crippen molar-refractivity contribution in [2.24, 2.45) is 29.6 Å². The van der Waals surface area contributed by atoms with E-state index < -0.39 is 46.2 Å². The molecule has 246 valence electrons. The van der Waals surface area contributed by atoms with Gasteiger partial charge in [0, 0.05) is 33.7 Å². The zero-order chi connectivity index (χ0) is 33.6. The number of rotatable bonds is 6. The van der Waals surface area contributed by atoms with E-state index in [0.717, 1.165) is 39.5 Å². The minimum atomic E-state index is -4.65. The number of ether oxygens (including phenoxy) is 1. The van der Waals surface area contributed by atoms with Crippen molar-refractivity contribution in [1.29, 1.82) is 0 Å². The van der Waals surface area contributed by atoms with Crippen molar-refractivity contribution in [2.45, 2.75) is 42.3 Å². The van der Waals surface area contributed by atoms with Crippen molar-refractivity contribution in [3.63, 3.8) is 0 Å². The number of thiazole rings is 1. The van der Waals surface area contributed by atoms with Gasteiger partial charge < -0.3 is 9.72 Å². The van der Waals surface area contributed by atoms with Crippen LogP contribution in [0.2, 0.25) is 0 Å². The number of nitro benzene ring substituents is 1. The number of amides is 2. The number of carbonyl (C=O) groups excluding carboxylic acids is 2. The molecule has 2 aliphatic heterocycles. The molecule has 48 heavy (non-hydrogen) atoms. The molecule has 4 aliphatic rings. The van der Waals surface area contributed by atoms with Crippen molar-refractivity contribution in [1.82, 2.24) is 4.98 Å². The molecular weight excluding hydrogens is 668 g/mol. The summed E-state index contributed by atoms with van der Waals surface area (Å²) in [5.41, 5.74) is 1.23. The molecule has 1 N–H and O–H groups in total. The van der Waals surface area contributed by atoms with Crippen LogP contribution in [0.3, 0.4) is 0 Å². The summed E-state index contributed by atoms with van der Waals surface area (Å²) in [6.07, 6.45) is -4.11. The Balaban J connectivity index is 1.21. The lowest BCUT2D eigenvalue weighted by Crippen LogP contribution is -2.42. The van der Waals surface area contributed by atoms with E-state index in [1.54, 1.807) is 6.07 Å². The highest BCUT2D eigenvalue weighted by atomic mass is 32.2. The monoisotopic (exact) mass is 693 g/mol. The van der Waals surface area contributed by atoms with Crippen molar-refractivity contribution in [3.05, 3.63) is 114 Å². The summed E-state index contributed by atoms with van der Waals surface area (Å²) < 4.78 is 47.0. The molecule has 5 unspecified atom stereocenters. The fourth-order valence-corrected chi connectivity index (χ4v) is 11.3. The lowest BCUT2D eigenvalue weighted by atomic mass is 9.68. The van der Waals surface area contributed by atoms with Gasteiger partial charge >= 0.3 is 11.0 Å². The Labute approximate surface area is 279 Å². The number of alkyl halides is 3. The summed E-state index contributed by atoms with van der Waals surface area (Å²) in [6, 6.07) is 16.4. The number of non-ortho nitro benzene ring substituents is 1. The Kier molecular flexibility index (Phi) is 7.11. The van der Waals surface area contributed by atoms with E-state index in [9.17, 15) is 37.7 Å². The summed E-state index contributed by atoms with van der Waals surface area (Å²) in [5.74, 6) is -3.67. The van der Waals surface area contributed by atoms with E-state index in [0.29, 0.717) is 27.6 Å². The fourth-order valence-electron chi connectivity index (χ4n) is 8.43. The van der Waals surface area contributed by atoms with Gasteiger partial charge in [0.1, 0.15) is 12.4 Å². The van der Waals surface area contributed by atoms with Crippen molar-refractivity contribution in [3.8, 4) is 5.75 Å². The second-order valence-electron chi connectivity index (χ2n) is 12.8. The first-order valence-electron chi connectivity index (χ1n) is 15.3. The third-order valence-electron chi connectivity index (χ3n) is 10.2. The third-order valence-corrected chi connectivity index (χ3v) is 12.8. The van der Waals surface area contributed by atoms with Crippen LogP contribution in [0.1, 0.15) is 39.5 Å². The number of hydrogen-bond acceptors (Lipinski definition) is 8. The third kappa shape index (κ3) is 4.79. The first kappa shape index (κ1) is 30.9. The molecule has 8 rings (SSSR count). The Hall–Kier alpha value is -4.43. The quantitative estimate of drug-likeness (QED) is 0.132. The van der Waals surface area contributed by atoms with Crippen LogP contribution in [0.25, 0.3) is 0 Å². The number of nitrogens with one attached hydrogen (secondary N) is 1. The molecule has 1 saturated heterocycles. The van der Waals surface area contributed by atoms with Gasteiger partial charge in [-0.2, -0.15) is 13.2 Å². The molecule has 4 aromatic rings. The van der Waals surface area contributed by atoms with Gasteiger partial charge in [0.2, 0.25) is 11.8 Å². The number of aryl methyl sites for hydroxylation is 1. The number of carbonyl (C=O) groups is 2. The predicted molar refractivity (Wildman–Crippen MR) is 171 cm³/mol. The highest BCUT2D eigenvalue weighted by molar-refractivity contribution is 8.00. The highest BCUT2D eigenvalue weighted by Crippen LogP contribution is 2.69. The number of halogens is 3. The fraction of sp³-hybridized carbons (Fsp3) is 0.324. The molecule has 2 aliphatic carbocycles. The van der Waals surface area contributed by atoms with Crippen LogP contribution >= 0.6 is 23.1 Å². The zero-order valence-corrected chi connectivity index (χ0v) is 26.7. The molecule has 1 aromatic heterocycles. The average molecular weight is 694 g/mol. The summed E-state index contributed by atoms with van der Waals surface area (Å²) >= 11 is 2.45. The van der Waals surface area contributed by atoms with Crippen molar-refractivity contribution < 1.29 is 32.4 Å². The molecule has 2 bridgehead atoms. The molecule has 3 fully saturated rings. The van der Waals surface area contributed by atoms with Crippen LogP contribution in [-0.4, -0.2) is 27.0 Å². The number of anilines is 1. The van der Waals surface area contributed by atoms with E-state index in [1.807, 2.05) is 31.2 Å². The van der Waals surface area contributed by atoms with Gasteiger partial charge in [0.05, 0.1) is 33.0 Å². The SMILES string of the molecule is Cc1cccc(COc2ccc([N+](=O)[O-])cc2C2c3sc(=O)[nH]c3SC3C2[C@H]2C[C@@H]3C3C(=O)N(c4cccc(C(F)(F)F)c4)C(=O)C32)c1. The normalized spacial score (nSPS) is 27.2. The van der Waals surface area contributed by atoms with Crippen LogP contribution in [0, 0.1) is 46.6 Å². The largest absolute Gasteiger partial charge is 0.489 e. The second kappa shape index (κ2) is 11.1. The highest BCUT2D eigenvalue weighted by Gasteiger charge is 2.70. The minimum absolute atomic E-state index is 0.116. The van der Waals surface area contributed by atoms with Gasteiger partial charge in [-0.1, -0.05) is 47.2 Å². The predicted octanol–water partition coefficient (Wildman–Crippen LogP) is 6.93. The van der Waals surface area contributed by atoms with Crippen LogP contribution in [0.5, 0.6) is 5.75 Å². The van der Waals surface area contributed by atoms with E-state index in [1.165, 1.54) is 36.0 Å². The van der Waals surface area contributed by atoms with Crippen LogP contribution in [0.15, 0.2) is 76.6 Å². The lowest BCUT2D eigenvalue weighted by Gasteiger charge is -2.43. The van der Waals surface area contributed by atoms with E-state index >= 15 is 0 Å². The first-order valence-corrected chi connectivity index (χ1v) is 17.0. The number of nitrogens with zero attached hydrogens (tertiary/aromatic N) is 2. The average Bonchev–Trinajstić information content (AvgIpc) is 3.78. The summed E-state index contributed by atoms with van der Waals surface area (Å²) in [7, 11) is 0. The topological polar surface area (TPSA) is 123 Å². The number of aromatic amines is 1. The summed E-state index contributed by atoms with van der Waals surface area (Å²) in [5, 5.41) is 12.4. The molecule has 0 radical (unpaired) electrons. The maximum Gasteiger partial charge on any atom is 0.416 e. The van der Waals surface area contributed by atoms with Gasteiger partial charge in [0.25, 0.3) is 5.69 Å². The number of aromatic nitrogens is 1. The van der Waals surface area contributed by atoms with Crippen LogP contribution in [-0.2, 0) is 22.4 Å². The van der Waals surface area contributed by atoms with Gasteiger partial charge in [-0.15, -0.1) is 11.8 Å². The molecule has 2 saturated carbocycles. The Morgan fingerprint density at radius 3 is 2.48 bits per heavy atom. The second-order valence-corrected chi connectivity index (χ2v) is 15.0. The van der Waals surface area contributed by atoms with Gasteiger partial charge in [-0.25, -0.2) is 0 Å². The number of hydrogen-bond donors (Lipinski definition) is 1. The minimum Gasteiger partial charge on any atom is -0.489 e. The van der Waals surface area contributed by atoms with Crippen LogP contribution in [0.4, 0.5) is 24.5 Å². The van der Waals surface area contributed by atoms with E-state index in [-0.39, 0.29) is 45.9 Å². The Bertz CT molecular complexity index is 2080. The number of benzene rings is 3. The molecule has 3 heterocycles. The zero-order valence-electron chi connectivity index (χ0n) is 25.1. The molecule has 14 heteroatoms. The van der Waals surface area contributed by atoms with Gasteiger partial charge in [0.15, 0.2) is 0 Å². The number of thioether (sulfide) groups is 1. The number of fused-ring (bicyclic) bond motifs is 9. The van der Waals surface area contributed by atoms with Crippen molar-refractivity contribution in [2.75, 3.05) is 4.90 Å². The number of H-pyrrole nitrogens is 1.